The van der Waals surface area contributed by atoms with E-state index in [0.29, 0.717) is 32.6 Å². The summed E-state index contributed by atoms with van der Waals surface area (Å²) in [6.07, 6.45) is 0. The van der Waals surface area contributed by atoms with E-state index in [4.69, 9.17) is 27.9 Å². The number of hydrogen-bond donors (Lipinski definition) is 1. The maximum Gasteiger partial charge on any atom is 0.300 e. The summed E-state index contributed by atoms with van der Waals surface area (Å²) in [7, 11) is 1.50. The minimum absolute atomic E-state index is 0.0570. The maximum atomic E-state index is 13.2. The maximum absolute atomic E-state index is 13.2. The summed E-state index contributed by atoms with van der Waals surface area (Å²) >= 11 is 12.4. The first-order valence-electron chi connectivity index (χ1n) is 9.79. The molecule has 32 heavy (non-hydrogen) atoms. The number of carbonyl (C=O) groups excluding carboxylic acids is 2. The van der Waals surface area contributed by atoms with Crippen LogP contribution in [-0.2, 0) is 9.59 Å². The highest BCUT2D eigenvalue weighted by Gasteiger charge is 2.48. The van der Waals surface area contributed by atoms with Crippen molar-refractivity contribution in [1.82, 2.24) is 0 Å². The summed E-state index contributed by atoms with van der Waals surface area (Å²) in [5, 5.41) is 12.0. The van der Waals surface area contributed by atoms with Gasteiger partial charge in [-0.05, 0) is 42.8 Å². The lowest BCUT2D eigenvalue weighted by Crippen LogP contribution is -2.29. The molecule has 1 aliphatic rings. The largest absolute Gasteiger partial charge is 0.507 e. The van der Waals surface area contributed by atoms with Crippen molar-refractivity contribution in [2.45, 2.75) is 13.0 Å². The zero-order valence-electron chi connectivity index (χ0n) is 17.3. The number of methoxy groups -OCH3 is 1. The second-order valence-corrected chi connectivity index (χ2v) is 8.20. The third-order valence-corrected chi connectivity index (χ3v) is 6.05. The fourth-order valence-corrected chi connectivity index (χ4v) is 4.17. The zero-order valence-corrected chi connectivity index (χ0v) is 18.8. The highest BCUT2D eigenvalue weighted by molar-refractivity contribution is 6.52. The molecule has 1 fully saturated rings. The number of nitrogens with zero attached hydrogens (tertiary/aromatic N) is 1. The second kappa shape index (κ2) is 8.69. The van der Waals surface area contributed by atoms with Crippen LogP contribution in [0.15, 0.2) is 72.3 Å². The number of aliphatic hydroxyl groups excluding tert-OH is 1. The number of Topliss-reactive ketones (excluding diaryl/α,β-unsaturated/α-hetero) is 1. The van der Waals surface area contributed by atoms with Gasteiger partial charge in [-0.3, -0.25) is 14.5 Å². The predicted octanol–water partition coefficient (Wildman–Crippen LogP) is 5.94. The Labute approximate surface area is 195 Å². The predicted molar refractivity (Wildman–Crippen MR) is 125 cm³/mol. The summed E-state index contributed by atoms with van der Waals surface area (Å²) in [5.74, 6) is -1.43. The Bertz CT molecular complexity index is 1270. The SMILES string of the molecule is COc1ccccc1C1/C(=C(\O)c2cccc(Cl)c2)C(=O)C(=O)N1c1ccc(C)c(Cl)c1. The van der Waals surface area contributed by atoms with Crippen LogP contribution in [0, 0.1) is 6.92 Å². The number of hydrogen-bond acceptors (Lipinski definition) is 4. The van der Waals surface area contributed by atoms with Crippen LogP contribution in [0.3, 0.4) is 0 Å². The number of rotatable bonds is 4. The number of ether oxygens (including phenoxy) is 1. The minimum Gasteiger partial charge on any atom is -0.507 e. The van der Waals surface area contributed by atoms with Gasteiger partial charge in [-0.25, -0.2) is 0 Å². The van der Waals surface area contributed by atoms with Gasteiger partial charge in [0, 0.05) is 26.9 Å². The number of aliphatic hydroxyl groups is 1. The van der Waals surface area contributed by atoms with Crippen molar-refractivity contribution in [2.24, 2.45) is 0 Å². The molecule has 3 aromatic rings. The van der Waals surface area contributed by atoms with Gasteiger partial charge in [0.05, 0.1) is 18.7 Å². The average molecular weight is 468 g/mol. The number of aryl methyl sites for hydroxylation is 1. The first-order chi connectivity index (χ1) is 15.3. The van der Waals surface area contributed by atoms with Crippen LogP contribution >= 0.6 is 23.2 Å². The smallest absolute Gasteiger partial charge is 0.300 e. The Kier molecular flexibility index (Phi) is 5.96. The summed E-state index contributed by atoms with van der Waals surface area (Å²) in [4.78, 5) is 27.8. The van der Waals surface area contributed by atoms with Crippen molar-refractivity contribution in [3.05, 3.63) is 99.0 Å². The molecular formula is C25H19Cl2NO4. The molecule has 0 aliphatic carbocycles. The van der Waals surface area contributed by atoms with Crippen molar-refractivity contribution in [1.29, 1.82) is 0 Å². The molecule has 1 unspecified atom stereocenters. The van der Waals surface area contributed by atoms with Crippen LogP contribution in [-0.4, -0.2) is 23.9 Å². The summed E-state index contributed by atoms with van der Waals surface area (Å²) in [6, 6.07) is 17.7. The first-order valence-corrected chi connectivity index (χ1v) is 10.5. The van der Waals surface area contributed by atoms with Gasteiger partial charge >= 0.3 is 0 Å². The number of benzene rings is 3. The number of halogens is 2. The molecule has 1 aliphatic heterocycles. The third-order valence-electron chi connectivity index (χ3n) is 5.41. The molecule has 0 aromatic heterocycles. The fraction of sp³-hybridized carbons (Fsp3) is 0.120. The summed E-state index contributed by atoms with van der Waals surface area (Å²) in [6.45, 7) is 1.84. The lowest BCUT2D eigenvalue weighted by molar-refractivity contribution is -0.132. The average Bonchev–Trinajstić information content (AvgIpc) is 3.05. The molecule has 3 aromatic carbocycles. The van der Waals surface area contributed by atoms with E-state index >= 15 is 0 Å². The molecule has 1 heterocycles. The molecule has 0 bridgehead atoms. The Hall–Kier alpha value is -3.28. The normalized spacial score (nSPS) is 17.6. The van der Waals surface area contributed by atoms with E-state index in [1.807, 2.05) is 6.92 Å². The van der Waals surface area contributed by atoms with Gasteiger partial charge in [-0.15, -0.1) is 0 Å². The molecule has 5 nitrogen and oxygen atoms in total. The standard InChI is InChI=1S/C25H19Cl2NO4/c1-14-10-11-17(13-19(14)27)28-22(18-8-3-4-9-20(18)32-2)21(24(30)25(28)31)23(29)15-6-5-7-16(26)12-15/h3-13,22,29H,1-2H3/b23-21+. The van der Waals surface area contributed by atoms with Crippen molar-refractivity contribution >= 4 is 46.3 Å². The first kappa shape index (κ1) is 21.9. The summed E-state index contributed by atoms with van der Waals surface area (Å²) in [5.41, 5.74) is 2.09. The summed E-state index contributed by atoms with van der Waals surface area (Å²) < 4.78 is 5.51. The van der Waals surface area contributed by atoms with Crippen molar-refractivity contribution in [3.63, 3.8) is 0 Å². The molecule has 0 radical (unpaired) electrons. The van der Waals surface area contributed by atoms with Crippen LogP contribution in [0.4, 0.5) is 5.69 Å². The van der Waals surface area contributed by atoms with E-state index in [2.05, 4.69) is 0 Å². The zero-order chi connectivity index (χ0) is 23.0. The van der Waals surface area contributed by atoms with E-state index < -0.39 is 17.7 Å². The van der Waals surface area contributed by atoms with Gasteiger partial charge < -0.3 is 9.84 Å². The van der Waals surface area contributed by atoms with E-state index in [1.165, 1.54) is 18.1 Å². The van der Waals surface area contributed by atoms with Gasteiger partial charge in [0.1, 0.15) is 11.5 Å². The number of carbonyl (C=O) groups is 2. The molecule has 1 saturated heterocycles. The van der Waals surface area contributed by atoms with Crippen molar-refractivity contribution in [3.8, 4) is 5.75 Å². The van der Waals surface area contributed by atoms with Crippen LogP contribution in [0.2, 0.25) is 10.0 Å². The molecular weight excluding hydrogens is 449 g/mol. The quantitative estimate of drug-likeness (QED) is 0.293. The van der Waals surface area contributed by atoms with Crippen LogP contribution in [0.5, 0.6) is 5.75 Å². The number of para-hydroxylation sites is 1. The van der Waals surface area contributed by atoms with Gasteiger partial charge in [-0.1, -0.05) is 59.6 Å². The Morgan fingerprint density at radius 3 is 2.44 bits per heavy atom. The number of amides is 1. The Morgan fingerprint density at radius 1 is 1.00 bits per heavy atom. The molecule has 1 N–H and O–H groups in total. The van der Waals surface area contributed by atoms with Crippen LogP contribution < -0.4 is 9.64 Å². The molecule has 7 heteroatoms. The van der Waals surface area contributed by atoms with E-state index in [1.54, 1.807) is 60.7 Å². The van der Waals surface area contributed by atoms with Crippen molar-refractivity contribution < 1.29 is 19.4 Å². The van der Waals surface area contributed by atoms with Gasteiger partial charge in [0.15, 0.2) is 0 Å². The van der Waals surface area contributed by atoms with Crippen LogP contribution in [0.1, 0.15) is 22.7 Å². The van der Waals surface area contributed by atoms with Crippen LogP contribution in [0.25, 0.3) is 5.76 Å². The Balaban J connectivity index is 2.00. The molecule has 1 atom stereocenters. The van der Waals surface area contributed by atoms with Gasteiger partial charge in [-0.2, -0.15) is 0 Å². The molecule has 0 spiro atoms. The van der Waals surface area contributed by atoms with E-state index in [0.717, 1.165) is 5.56 Å². The molecule has 4 rings (SSSR count). The Morgan fingerprint density at radius 2 is 1.75 bits per heavy atom. The highest BCUT2D eigenvalue weighted by atomic mass is 35.5. The molecule has 0 saturated carbocycles. The fourth-order valence-electron chi connectivity index (χ4n) is 3.81. The topological polar surface area (TPSA) is 66.8 Å². The number of ketones is 1. The third kappa shape index (κ3) is 3.74. The second-order valence-electron chi connectivity index (χ2n) is 7.35. The highest BCUT2D eigenvalue weighted by Crippen LogP contribution is 2.45. The minimum atomic E-state index is -0.927. The van der Waals surface area contributed by atoms with E-state index in [-0.39, 0.29) is 11.3 Å². The van der Waals surface area contributed by atoms with Gasteiger partial charge in [0.25, 0.3) is 11.7 Å². The monoisotopic (exact) mass is 467 g/mol. The lowest BCUT2D eigenvalue weighted by atomic mass is 9.94. The molecule has 1 amide bonds. The lowest BCUT2D eigenvalue weighted by Gasteiger charge is -2.27. The number of anilines is 1. The molecule has 162 valence electrons. The van der Waals surface area contributed by atoms with E-state index in [9.17, 15) is 14.7 Å². The van der Waals surface area contributed by atoms with Crippen molar-refractivity contribution in [2.75, 3.05) is 12.0 Å². The van der Waals surface area contributed by atoms with Gasteiger partial charge in [0.2, 0.25) is 0 Å².